The Hall–Kier alpha value is -2.40. The van der Waals surface area contributed by atoms with Crippen LogP contribution in [0.4, 0.5) is 0 Å². The van der Waals surface area contributed by atoms with E-state index >= 15 is 0 Å². The first-order valence-electron chi connectivity index (χ1n) is 25.8. The van der Waals surface area contributed by atoms with Gasteiger partial charge in [-0.25, -0.2) is 0 Å². The van der Waals surface area contributed by atoms with Gasteiger partial charge >= 0.3 is 11.9 Å². The minimum Gasteiger partial charge on any atom is -0.462 e. The molecule has 0 aromatic rings. The highest BCUT2D eigenvalue weighted by molar-refractivity contribution is 5.70. The molecule has 0 bridgehead atoms. The molecule has 1 atom stereocenters. The molecule has 0 fully saturated rings. The molecule has 60 heavy (non-hydrogen) atoms. The SMILES string of the molecule is CC/C=C\C/C=C\C/C=C\CCCCCCCCOCC(COC(=O)CCCCCCCCC/C=C\C/C=C\CCCCC)OC(=O)CCCCCCCCCCCCC. The van der Waals surface area contributed by atoms with E-state index in [1.807, 2.05) is 0 Å². The molecule has 0 saturated carbocycles. The summed E-state index contributed by atoms with van der Waals surface area (Å²) in [4.78, 5) is 25.4. The van der Waals surface area contributed by atoms with Crippen LogP contribution in [0.2, 0.25) is 0 Å². The maximum absolute atomic E-state index is 12.8. The quantitative estimate of drug-likeness (QED) is 0.0347. The monoisotopic (exact) mass is 839 g/mol. The Bertz CT molecular complexity index is 1040. The zero-order valence-electron chi connectivity index (χ0n) is 40.0. The van der Waals surface area contributed by atoms with Crippen LogP contribution in [-0.4, -0.2) is 37.9 Å². The first-order valence-corrected chi connectivity index (χ1v) is 25.8. The molecule has 0 spiro atoms. The average Bonchev–Trinajstić information content (AvgIpc) is 3.25. The lowest BCUT2D eigenvalue weighted by Gasteiger charge is -2.18. The summed E-state index contributed by atoms with van der Waals surface area (Å²) in [6.07, 6.45) is 63.7. The summed E-state index contributed by atoms with van der Waals surface area (Å²) in [6, 6.07) is 0. The number of allylic oxidation sites excluding steroid dienone is 10. The number of hydrogen-bond donors (Lipinski definition) is 0. The van der Waals surface area contributed by atoms with Crippen LogP contribution in [0.3, 0.4) is 0 Å². The van der Waals surface area contributed by atoms with Gasteiger partial charge < -0.3 is 14.2 Å². The summed E-state index contributed by atoms with van der Waals surface area (Å²) < 4.78 is 17.4. The zero-order valence-corrected chi connectivity index (χ0v) is 40.0. The molecule has 0 N–H and O–H groups in total. The van der Waals surface area contributed by atoms with E-state index in [1.165, 1.54) is 141 Å². The maximum Gasteiger partial charge on any atom is 0.306 e. The van der Waals surface area contributed by atoms with Gasteiger partial charge in [0.25, 0.3) is 0 Å². The predicted molar refractivity (Wildman–Crippen MR) is 261 cm³/mol. The Kier molecular flexibility index (Phi) is 48.9. The second kappa shape index (κ2) is 51.0. The van der Waals surface area contributed by atoms with Crippen LogP contribution < -0.4 is 0 Å². The van der Waals surface area contributed by atoms with Crippen molar-refractivity contribution in [1.82, 2.24) is 0 Å². The van der Waals surface area contributed by atoms with Gasteiger partial charge in [-0.2, -0.15) is 0 Å². The second-order valence-electron chi connectivity index (χ2n) is 17.0. The van der Waals surface area contributed by atoms with Crippen LogP contribution in [0.25, 0.3) is 0 Å². The normalized spacial score (nSPS) is 12.7. The molecule has 1 unspecified atom stereocenters. The van der Waals surface area contributed by atoms with E-state index in [4.69, 9.17) is 14.2 Å². The van der Waals surface area contributed by atoms with Crippen LogP contribution in [0, 0.1) is 0 Å². The summed E-state index contributed by atoms with van der Waals surface area (Å²) in [6.45, 7) is 7.67. The van der Waals surface area contributed by atoms with Gasteiger partial charge in [-0.05, 0) is 83.5 Å². The number of rotatable bonds is 47. The molecule has 0 heterocycles. The fourth-order valence-corrected chi connectivity index (χ4v) is 7.20. The van der Waals surface area contributed by atoms with Gasteiger partial charge in [-0.3, -0.25) is 9.59 Å². The topological polar surface area (TPSA) is 61.8 Å². The number of unbranched alkanes of at least 4 members (excludes halogenated alkanes) is 26. The van der Waals surface area contributed by atoms with Crippen LogP contribution in [0.1, 0.15) is 252 Å². The van der Waals surface area contributed by atoms with Gasteiger partial charge in [0.2, 0.25) is 0 Å². The summed E-state index contributed by atoms with van der Waals surface area (Å²) in [5, 5.41) is 0. The zero-order chi connectivity index (χ0) is 43.5. The van der Waals surface area contributed by atoms with E-state index in [0.717, 1.165) is 77.0 Å². The molecule has 0 radical (unpaired) electrons. The number of carbonyl (C=O) groups excluding carboxylic acids is 2. The molecule has 5 heteroatoms. The number of hydrogen-bond acceptors (Lipinski definition) is 5. The van der Waals surface area contributed by atoms with Crippen molar-refractivity contribution in [1.29, 1.82) is 0 Å². The van der Waals surface area contributed by atoms with Crippen molar-refractivity contribution in [2.24, 2.45) is 0 Å². The molecular weight excluding hydrogens is 741 g/mol. The van der Waals surface area contributed by atoms with Crippen molar-refractivity contribution in [2.45, 2.75) is 258 Å². The maximum atomic E-state index is 12.8. The molecule has 0 aliphatic heterocycles. The van der Waals surface area contributed by atoms with E-state index in [0.29, 0.717) is 19.4 Å². The minimum absolute atomic E-state index is 0.0769. The largest absolute Gasteiger partial charge is 0.462 e. The Morgan fingerprint density at radius 2 is 0.750 bits per heavy atom. The fourth-order valence-electron chi connectivity index (χ4n) is 7.20. The van der Waals surface area contributed by atoms with Crippen molar-refractivity contribution in [3.8, 4) is 0 Å². The first-order chi connectivity index (χ1) is 29.6. The number of carbonyl (C=O) groups is 2. The summed E-state index contributed by atoms with van der Waals surface area (Å²) in [7, 11) is 0. The third-order valence-corrected chi connectivity index (χ3v) is 11.0. The van der Waals surface area contributed by atoms with E-state index in [-0.39, 0.29) is 25.2 Å². The molecule has 0 aromatic heterocycles. The van der Waals surface area contributed by atoms with Crippen LogP contribution in [-0.2, 0) is 23.8 Å². The molecule has 0 amide bonds. The summed E-state index contributed by atoms with van der Waals surface area (Å²) in [5.41, 5.74) is 0. The van der Waals surface area contributed by atoms with Gasteiger partial charge in [0.05, 0.1) is 6.61 Å². The van der Waals surface area contributed by atoms with Crippen molar-refractivity contribution < 1.29 is 23.8 Å². The highest BCUT2D eigenvalue weighted by atomic mass is 16.6. The lowest BCUT2D eigenvalue weighted by molar-refractivity contribution is -0.163. The fraction of sp³-hybridized carbons (Fsp3) is 0.782. The van der Waals surface area contributed by atoms with E-state index in [9.17, 15) is 9.59 Å². The van der Waals surface area contributed by atoms with Crippen molar-refractivity contribution in [3.63, 3.8) is 0 Å². The van der Waals surface area contributed by atoms with Crippen molar-refractivity contribution in [3.05, 3.63) is 60.8 Å². The Morgan fingerprint density at radius 1 is 0.383 bits per heavy atom. The Morgan fingerprint density at radius 3 is 1.23 bits per heavy atom. The molecular formula is C55H98O5. The highest BCUT2D eigenvalue weighted by Gasteiger charge is 2.17. The Balaban J connectivity index is 4.26. The lowest BCUT2D eigenvalue weighted by Crippen LogP contribution is -2.30. The van der Waals surface area contributed by atoms with Gasteiger partial charge in [-0.1, -0.05) is 216 Å². The van der Waals surface area contributed by atoms with Crippen LogP contribution >= 0.6 is 0 Å². The van der Waals surface area contributed by atoms with Gasteiger partial charge in [0.1, 0.15) is 6.61 Å². The molecule has 5 nitrogen and oxygen atoms in total. The first kappa shape index (κ1) is 57.6. The van der Waals surface area contributed by atoms with Crippen molar-refractivity contribution in [2.75, 3.05) is 19.8 Å². The number of ether oxygens (including phenoxy) is 3. The minimum atomic E-state index is -0.544. The predicted octanol–water partition coefficient (Wildman–Crippen LogP) is 17.3. The molecule has 348 valence electrons. The van der Waals surface area contributed by atoms with Crippen molar-refractivity contribution >= 4 is 11.9 Å². The average molecular weight is 839 g/mol. The smallest absolute Gasteiger partial charge is 0.306 e. The molecule has 0 aromatic carbocycles. The lowest BCUT2D eigenvalue weighted by atomic mass is 10.1. The third-order valence-electron chi connectivity index (χ3n) is 11.0. The van der Waals surface area contributed by atoms with Gasteiger partial charge in [0, 0.05) is 19.4 Å². The Labute approximate surface area is 373 Å². The van der Waals surface area contributed by atoms with E-state index in [2.05, 4.69) is 81.5 Å². The van der Waals surface area contributed by atoms with Gasteiger partial charge in [-0.15, -0.1) is 0 Å². The van der Waals surface area contributed by atoms with E-state index in [1.54, 1.807) is 0 Å². The summed E-state index contributed by atoms with van der Waals surface area (Å²) >= 11 is 0. The molecule has 0 saturated heterocycles. The number of esters is 2. The molecule has 0 rings (SSSR count). The van der Waals surface area contributed by atoms with E-state index < -0.39 is 6.10 Å². The summed E-state index contributed by atoms with van der Waals surface area (Å²) in [5.74, 6) is -0.408. The van der Waals surface area contributed by atoms with Crippen LogP contribution in [0.5, 0.6) is 0 Å². The molecule has 0 aliphatic rings. The standard InChI is InChI=1S/C55H98O5/c1-4-7-10-13-16-19-22-24-26-28-29-31-34-36-39-42-45-48-54(56)59-52-53(60-55(57)49-46-43-40-37-33-21-18-15-12-9-6-3)51-58-50-47-44-41-38-35-32-30-27-25-23-20-17-14-11-8-5-2/h8,11,16-17,19-20,24-27,53H,4-7,9-10,12-15,18,21-23,28-52H2,1-3H3/b11-8-,19-16-,20-17-,26-24-,27-25-. The second-order valence-corrected chi connectivity index (χ2v) is 17.0. The third kappa shape index (κ3) is 48.3. The van der Waals surface area contributed by atoms with Crippen LogP contribution in [0.15, 0.2) is 60.8 Å². The highest BCUT2D eigenvalue weighted by Crippen LogP contribution is 2.14. The van der Waals surface area contributed by atoms with Gasteiger partial charge in [0.15, 0.2) is 6.10 Å². The molecule has 0 aliphatic carbocycles.